The van der Waals surface area contributed by atoms with Crippen molar-refractivity contribution in [2.24, 2.45) is 5.92 Å². The minimum atomic E-state index is -0.160. The van der Waals surface area contributed by atoms with Gasteiger partial charge in [-0.15, -0.1) is 0 Å². The largest absolute Gasteiger partial charge is 0.343 e. The molecule has 0 radical (unpaired) electrons. The molecule has 2 fully saturated rings. The molecule has 2 aromatic carbocycles. The van der Waals surface area contributed by atoms with Crippen LogP contribution in [0.4, 0.5) is 0 Å². The molecular weight excluding hydrogens is 521 g/mol. The maximum atomic E-state index is 13.5. The van der Waals surface area contributed by atoms with Gasteiger partial charge in [0.05, 0.1) is 20.6 Å². The summed E-state index contributed by atoms with van der Waals surface area (Å²) in [5.74, 6) is -0.248. The molecule has 3 amide bonds. The second kappa shape index (κ2) is 11.4. The van der Waals surface area contributed by atoms with E-state index in [1.807, 2.05) is 17.0 Å². The quantitative estimate of drug-likeness (QED) is 0.515. The minimum Gasteiger partial charge on any atom is -0.343 e. The van der Waals surface area contributed by atoms with Crippen LogP contribution < -0.4 is 0 Å². The number of likely N-dealkylation sites (N-methyl/N-ethyl adjacent to an activating group) is 1. The highest BCUT2D eigenvalue weighted by molar-refractivity contribution is 6.42. The van der Waals surface area contributed by atoms with Crippen molar-refractivity contribution in [1.29, 1.82) is 0 Å². The van der Waals surface area contributed by atoms with Gasteiger partial charge >= 0.3 is 0 Å². The summed E-state index contributed by atoms with van der Waals surface area (Å²) in [4.78, 5) is 44.0. The second-order valence-corrected chi connectivity index (χ2v) is 10.8. The molecule has 192 valence electrons. The number of hydrogen-bond acceptors (Lipinski definition) is 3. The van der Waals surface area contributed by atoms with E-state index >= 15 is 0 Å². The molecule has 2 aliphatic rings. The second-order valence-electron chi connectivity index (χ2n) is 9.60. The van der Waals surface area contributed by atoms with E-state index < -0.39 is 0 Å². The fraction of sp³-hybridized carbons (Fsp3) is 0.444. The van der Waals surface area contributed by atoms with Gasteiger partial charge in [-0.25, -0.2) is 0 Å². The van der Waals surface area contributed by atoms with Gasteiger partial charge in [0.25, 0.3) is 5.91 Å². The molecule has 0 bridgehead atoms. The molecule has 6 nitrogen and oxygen atoms in total. The third-order valence-corrected chi connectivity index (χ3v) is 8.54. The summed E-state index contributed by atoms with van der Waals surface area (Å²) in [7, 11) is 1.79. The van der Waals surface area contributed by atoms with E-state index in [4.69, 9.17) is 34.8 Å². The number of benzene rings is 2. The lowest BCUT2D eigenvalue weighted by Gasteiger charge is -2.44. The third-order valence-electron chi connectivity index (χ3n) is 7.47. The van der Waals surface area contributed by atoms with Gasteiger partial charge in [0.1, 0.15) is 0 Å². The van der Waals surface area contributed by atoms with Crippen molar-refractivity contribution in [2.45, 2.75) is 38.1 Å². The maximum Gasteiger partial charge on any atom is 0.255 e. The summed E-state index contributed by atoms with van der Waals surface area (Å²) in [5, 5.41) is 1.30. The van der Waals surface area contributed by atoms with E-state index in [1.54, 1.807) is 54.1 Å². The number of nitrogens with zero attached hydrogens (tertiary/aromatic N) is 3. The van der Waals surface area contributed by atoms with Gasteiger partial charge in [-0.2, -0.15) is 0 Å². The predicted molar refractivity (Wildman–Crippen MR) is 143 cm³/mol. The van der Waals surface area contributed by atoms with Crippen molar-refractivity contribution < 1.29 is 14.4 Å². The Morgan fingerprint density at radius 2 is 1.53 bits per heavy atom. The molecule has 0 unspecified atom stereocenters. The van der Waals surface area contributed by atoms with Crippen LogP contribution in [-0.2, 0) is 9.59 Å². The summed E-state index contributed by atoms with van der Waals surface area (Å²) in [6.45, 7) is 3.79. The monoisotopic (exact) mass is 549 g/mol. The van der Waals surface area contributed by atoms with E-state index in [-0.39, 0.29) is 35.6 Å². The molecule has 0 aromatic heterocycles. The number of likely N-dealkylation sites (tertiary alicyclic amines) is 2. The maximum absolute atomic E-state index is 13.5. The molecule has 0 spiro atoms. The van der Waals surface area contributed by atoms with Crippen LogP contribution in [0.1, 0.15) is 48.0 Å². The molecule has 4 rings (SSSR count). The molecule has 0 aliphatic carbocycles. The molecule has 2 aromatic rings. The average molecular weight is 551 g/mol. The zero-order chi connectivity index (χ0) is 26.0. The molecule has 2 aliphatic heterocycles. The number of carbonyl (C=O) groups is 3. The van der Waals surface area contributed by atoms with Crippen LogP contribution in [0.15, 0.2) is 42.5 Å². The summed E-state index contributed by atoms with van der Waals surface area (Å²) in [6, 6.07) is 12.4. The smallest absolute Gasteiger partial charge is 0.255 e. The van der Waals surface area contributed by atoms with Crippen LogP contribution >= 0.6 is 34.8 Å². The standard InChI is InChI=1S/C27H30Cl3N3O3/c1-17(34)32-12-9-18(10-13-32)26(35)33-14-11-25(21(16-33)19-7-8-23(29)24(30)15-19)31(2)27(36)20-5-3-4-6-22(20)28/h3-8,15,18,21,25H,9-14,16H2,1-2H3/t21-,25+/m0/s1. The Hall–Kier alpha value is -2.28. The average Bonchev–Trinajstić information content (AvgIpc) is 2.89. The fourth-order valence-corrected chi connectivity index (χ4v) is 5.87. The normalized spacial score (nSPS) is 20.8. The molecule has 2 heterocycles. The number of hydrogen-bond donors (Lipinski definition) is 0. The highest BCUT2D eigenvalue weighted by atomic mass is 35.5. The molecule has 9 heteroatoms. The van der Waals surface area contributed by atoms with Crippen LogP contribution in [-0.4, -0.2) is 71.7 Å². The van der Waals surface area contributed by atoms with Crippen LogP contribution in [0.5, 0.6) is 0 Å². The Bertz CT molecular complexity index is 1150. The number of piperidine rings is 2. The van der Waals surface area contributed by atoms with Crippen molar-refractivity contribution in [1.82, 2.24) is 14.7 Å². The zero-order valence-corrected chi connectivity index (χ0v) is 22.7. The van der Waals surface area contributed by atoms with E-state index in [0.29, 0.717) is 66.1 Å². The fourth-order valence-electron chi connectivity index (χ4n) is 5.35. The first-order chi connectivity index (χ1) is 17.2. The van der Waals surface area contributed by atoms with Crippen LogP contribution in [0.25, 0.3) is 0 Å². The Morgan fingerprint density at radius 3 is 2.17 bits per heavy atom. The SMILES string of the molecule is CC(=O)N1CCC(C(=O)N2CC[C@@H](N(C)C(=O)c3ccccc3Cl)[C@H](c3ccc(Cl)c(Cl)c3)C2)CC1. The molecule has 0 saturated carbocycles. The van der Waals surface area contributed by atoms with E-state index in [2.05, 4.69) is 0 Å². The topological polar surface area (TPSA) is 60.9 Å². The lowest BCUT2D eigenvalue weighted by Crippen LogP contribution is -2.53. The Labute approximate surface area is 227 Å². The van der Waals surface area contributed by atoms with E-state index in [1.165, 1.54) is 0 Å². The van der Waals surface area contributed by atoms with E-state index in [0.717, 1.165) is 5.56 Å². The summed E-state index contributed by atoms with van der Waals surface area (Å²) in [6.07, 6.45) is 1.96. The molecule has 2 saturated heterocycles. The van der Waals surface area contributed by atoms with Gasteiger partial charge in [0.2, 0.25) is 11.8 Å². The summed E-state index contributed by atoms with van der Waals surface area (Å²) in [5.41, 5.74) is 1.38. The Kier molecular flexibility index (Phi) is 8.48. The first-order valence-electron chi connectivity index (χ1n) is 12.2. The van der Waals surface area contributed by atoms with Crippen LogP contribution in [0.3, 0.4) is 0 Å². The summed E-state index contributed by atoms with van der Waals surface area (Å²) < 4.78 is 0. The summed E-state index contributed by atoms with van der Waals surface area (Å²) >= 11 is 18.9. The van der Waals surface area contributed by atoms with E-state index in [9.17, 15) is 14.4 Å². The lowest BCUT2D eigenvalue weighted by molar-refractivity contribution is -0.141. The van der Waals surface area contributed by atoms with Crippen molar-refractivity contribution >= 4 is 52.5 Å². The van der Waals surface area contributed by atoms with Crippen LogP contribution in [0.2, 0.25) is 15.1 Å². The number of carbonyl (C=O) groups excluding carboxylic acids is 3. The lowest BCUT2D eigenvalue weighted by atomic mass is 9.83. The first kappa shape index (κ1) is 26.8. The molecule has 0 N–H and O–H groups in total. The van der Waals surface area contributed by atoms with Gasteiger partial charge in [-0.05, 0) is 49.1 Å². The number of amides is 3. The number of rotatable bonds is 4. The zero-order valence-electron chi connectivity index (χ0n) is 20.4. The van der Waals surface area contributed by atoms with Crippen LogP contribution in [0, 0.1) is 5.92 Å². The van der Waals surface area contributed by atoms with Crippen molar-refractivity contribution in [3.05, 3.63) is 68.7 Å². The molecule has 36 heavy (non-hydrogen) atoms. The van der Waals surface area contributed by atoms with Crippen molar-refractivity contribution in [3.63, 3.8) is 0 Å². The van der Waals surface area contributed by atoms with Gasteiger partial charge in [-0.1, -0.05) is 53.0 Å². The third kappa shape index (κ3) is 5.66. The van der Waals surface area contributed by atoms with Crippen molar-refractivity contribution in [3.8, 4) is 0 Å². The van der Waals surface area contributed by atoms with Gasteiger partial charge in [0, 0.05) is 58.0 Å². The predicted octanol–water partition coefficient (Wildman–Crippen LogP) is 5.36. The van der Waals surface area contributed by atoms with Gasteiger partial charge < -0.3 is 14.7 Å². The van der Waals surface area contributed by atoms with Gasteiger partial charge in [0.15, 0.2) is 0 Å². The first-order valence-corrected chi connectivity index (χ1v) is 13.3. The highest BCUT2D eigenvalue weighted by Gasteiger charge is 2.39. The highest BCUT2D eigenvalue weighted by Crippen LogP contribution is 2.36. The van der Waals surface area contributed by atoms with Gasteiger partial charge in [-0.3, -0.25) is 14.4 Å². The Balaban J connectivity index is 1.56. The minimum absolute atomic E-state index is 0.0487. The molecular formula is C27H30Cl3N3O3. The number of halogens is 3. The van der Waals surface area contributed by atoms with Crippen molar-refractivity contribution in [2.75, 3.05) is 33.2 Å². The Morgan fingerprint density at radius 1 is 0.861 bits per heavy atom. The molecule has 2 atom stereocenters.